The van der Waals surface area contributed by atoms with Crippen LogP contribution in [-0.2, 0) is 6.42 Å². The van der Waals surface area contributed by atoms with Crippen molar-refractivity contribution in [2.24, 2.45) is 0 Å². The van der Waals surface area contributed by atoms with Crippen LogP contribution in [0.15, 0.2) is 71.5 Å². The Kier molecular flexibility index (Phi) is 3.12. The molecule has 0 unspecified atom stereocenters. The molecular formula is C18H13N3O. The second-order valence-corrected chi connectivity index (χ2v) is 5.07. The van der Waals surface area contributed by atoms with Crippen molar-refractivity contribution in [1.29, 1.82) is 0 Å². The van der Waals surface area contributed by atoms with Gasteiger partial charge in [-0.15, -0.1) is 0 Å². The van der Waals surface area contributed by atoms with Gasteiger partial charge in [-0.2, -0.15) is 4.98 Å². The highest BCUT2D eigenvalue weighted by molar-refractivity contribution is 5.85. The quantitative estimate of drug-likeness (QED) is 0.574. The monoisotopic (exact) mass is 287 g/mol. The molecule has 4 rings (SSSR count). The van der Waals surface area contributed by atoms with E-state index in [1.807, 2.05) is 24.3 Å². The average molecular weight is 287 g/mol. The molecule has 0 radical (unpaired) electrons. The third-order valence-corrected chi connectivity index (χ3v) is 3.61. The normalized spacial score (nSPS) is 10.9. The lowest BCUT2D eigenvalue weighted by atomic mass is 10.0. The largest absolute Gasteiger partial charge is 0.339 e. The van der Waals surface area contributed by atoms with Gasteiger partial charge in [0, 0.05) is 18.0 Å². The molecule has 0 fully saturated rings. The third-order valence-electron chi connectivity index (χ3n) is 3.61. The van der Waals surface area contributed by atoms with Crippen molar-refractivity contribution >= 4 is 10.8 Å². The molecule has 0 N–H and O–H groups in total. The standard InChI is InChI=1S/C18H13N3O/c1-2-9-16-13(5-1)6-3-7-14(16)11-17-20-18(21-22-17)15-8-4-10-19-12-15/h1-10,12H,11H2. The molecule has 2 heterocycles. The van der Waals surface area contributed by atoms with Crippen LogP contribution < -0.4 is 0 Å². The predicted molar refractivity (Wildman–Crippen MR) is 84.3 cm³/mol. The van der Waals surface area contributed by atoms with Crippen molar-refractivity contribution in [3.63, 3.8) is 0 Å². The average Bonchev–Trinajstić information content (AvgIpc) is 3.05. The molecule has 0 aliphatic heterocycles. The van der Waals surface area contributed by atoms with Crippen LogP contribution in [0.5, 0.6) is 0 Å². The summed E-state index contributed by atoms with van der Waals surface area (Å²) in [7, 11) is 0. The smallest absolute Gasteiger partial charge is 0.231 e. The molecule has 0 aliphatic carbocycles. The number of fused-ring (bicyclic) bond motifs is 1. The molecule has 2 aromatic heterocycles. The lowest BCUT2D eigenvalue weighted by Crippen LogP contribution is -1.90. The lowest BCUT2D eigenvalue weighted by Gasteiger charge is -2.03. The summed E-state index contributed by atoms with van der Waals surface area (Å²) in [5, 5.41) is 6.47. The van der Waals surface area contributed by atoms with Gasteiger partial charge in [0.1, 0.15) is 0 Å². The molecule has 4 aromatic rings. The van der Waals surface area contributed by atoms with Crippen LogP contribution in [0.2, 0.25) is 0 Å². The molecule has 4 nitrogen and oxygen atoms in total. The fourth-order valence-corrected chi connectivity index (χ4v) is 2.55. The first-order chi connectivity index (χ1) is 10.9. The number of hydrogen-bond acceptors (Lipinski definition) is 4. The Morgan fingerprint density at radius 2 is 1.82 bits per heavy atom. The first kappa shape index (κ1) is 12.7. The van der Waals surface area contributed by atoms with E-state index in [0.29, 0.717) is 18.1 Å². The Hall–Kier alpha value is -3.01. The van der Waals surface area contributed by atoms with E-state index in [-0.39, 0.29) is 0 Å². The van der Waals surface area contributed by atoms with Crippen molar-refractivity contribution in [1.82, 2.24) is 15.1 Å². The van der Waals surface area contributed by atoms with Gasteiger partial charge >= 0.3 is 0 Å². The van der Waals surface area contributed by atoms with Gasteiger partial charge in [-0.25, -0.2) is 0 Å². The number of nitrogens with zero attached hydrogens (tertiary/aromatic N) is 3. The highest BCUT2D eigenvalue weighted by atomic mass is 16.5. The molecule has 22 heavy (non-hydrogen) atoms. The first-order valence-corrected chi connectivity index (χ1v) is 7.10. The number of aromatic nitrogens is 3. The van der Waals surface area contributed by atoms with Crippen LogP contribution in [-0.4, -0.2) is 15.1 Å². The predicted octanol–water partition coefficient (Wildman–Crippen LogP) is 3.88. The van der Waals surface area contributed by atoms with Crippen LogP contribution in [0.4, 0.5) is 0 Å². The van der Waals surface area contributed by atoms with Crippen LogP contribution in [0.1, 0.15) is 11.5 Å². The minimum atomic E-state index is 0.573. The summed E-state index contributed by atoms with van der Waals surface area (Å²) in [5.74, 6) is 1.18. The van der Waals surface area contributed by atoms with E-state index in [2.05, 4.69) is 45.5 Å². The molecule has 106 valence electrons. The third kappa shape index (κ3) is 2.35. The summed E-state index contributed by atoms with van der Waals surface area (Å²) >= 11 is 0. The van der Waals surface area contributed by atoms with E-state index in [9.17, 15) is 0 Å². The molecule has 0 amide bonds. The van der Waals surface area contributed by atoms with Crippen molar-refractivity contribution in [2.75, 3.05) is 0 Å². The number of hydrogen-bond donors (Lipinski definition) is 0. The minimum Gasteiger partial charge on any atom is -0.339 e. The van der Waals surface area contributed by atoms with E-state index in [4.69, 9.17) is 4.52 Å². The van der Waals surface area contributed by atoms with E-state index >= 15 is 0 Å². The number of rotatable bonds is 3. The zero-order valence-electron chi connectivity index (χ0n) is 11.8. The fourth-order valence-electron chi connectivity index (χ4n) is 2.55. The van der Waals surface area contributed by atoms with Crippen LogP contribution in [0.3, 0.4) is 0 Å². The maximum Gasteiger partial charge on any atom is 0.231 e. The van der Waals surface area contributed by atoms with E-state index in [1.54, 1.807) is 12.4 Å². The van der Waals surface area contributed by atoms with Gasteiger partial charge in [0.2, 0.25) is 11.7 Å². The molecule has 0 saturated heterocycles. The van der Waals surface area contributed by atoms with Crippen molar-refractivity contribution < 1.29 is 4.52 Å². The van der Waals surface area contributed by atoms with E-state index in [0.717, 1.165) is 5.56 Å². The summed E-state index contributed by atoms with van der Waals surface area (Å²) < 4.78 is 5.38. The van der Waals surface area contributed by atoms with Gasteiger partial charge in [0.05, 0.1) is 6.42 Å². The SMILES string of the molecule is c1cncc(-c2noc(Cc3cccc4ccccc34)n2)c1. The van der Waals surface area contributed by atoms with Crippen molar-refractivity contribution in [2.45, 2.75) is 6.42 Å². The Morgan fingerprint density at radius 1 is 0.909 bits per heavy atom. The molecule has 0 aliphatic rings. The Labute approximate surface area is 127 Å². The molecule has 0 saturated carbocycles. The van der Waals surface area contributed by atoms with E-state index < -0.39 is 0 Å². The minimum absolute atomic E-state index is 0.573. The number of pyridine rings is 1. The summed E-state index contributed by atoms with van der Waals surface area (Å²) in [5.41, 5.74) is 2.04. The molecular weight excluding hydrogens is 274 g/mol. The lowest BCUT2D eigenvalue weighted by molar-refractivity contribution is 0.386. The van der Waals surface area contributed by atoms with Crippen molar-refractivity contribution in [3.8, 4) is 11.4 Å². The van der Waals surface area contributed by atoms with Gasteiger partial charge in [-0.05, 0) is 28.5 Å². The number of benzene rings is 2. The first-order valence-electron chi connectivity index (χ1n) is 7.10. The summed E-state index contributed by atoms with van der Waals surface area (Å²) in [6.45, 7) is 0. The highest BCUT2D eigenvalue weighted by Gasteiger charge is 2.10. The van der Waals surface area contributed by atoms with Gasteiger partial charge < -0.3 is 4.52 Å². The molecule has 0 atom stereocenters. The molecule has 0 spiro atoms. The molecule has 4 heteroatoms. The topological polar surface area (TPSA) is 51.8 Å². The van der Waals surface area contributed by atoms with Crippen LogP contribution in [0.25, 0.3) is 22.2 Å². The molecule has 0 bridgehead atoms. The van der Waals surface area contributed by atoms with Gasteiger partial charge in [-0.3, -0.25) is 4.98 Å². The van der Waals surface area contributed by atoms with Crippen LogP contribution >= 0.6 is 0 Å². The molecule has 2 aromatic carbocycles. The van der Waals surface area contributed by atoms with Gasteiger partial charge in [0.15, 0.2) is 0 Å². The van der Waals surface area contributed by atoms with E-state index in [1.165, 1.54) is 16.3 Å². The van der Waals surface area contributed by atoms with Crippen molar-refractivity contribution in [3.05, 3.63) is 78.4 Å². The second-order valence-electron chi connectivity index (χ2n) is 5.07. The zero-order chi connectivity index (χ0) is 14.8. The van der Waals surface area contributed by atoms with Gasteiger partial charge in [-0.1, -0.05) is 47.6 Å². The second kappa shape index (κ2) is 5.41. The Bertz CT molecular complexity index is 910. The zero-order valence-corrected chi connectivity index (χ0v) is 11.8. The highest BCUT2D eigenvalue weighted by Crippen LogP contribution is 2.22. The summed E-state index contributed by atoms with van der Waals surface area (Å²) in [4.78, 5) is 8.54. The maximum atomic E-state index is 5.38. The maximum absolute atomic E-state index is 5.38. The fraction of sp³-hybridized carbons (Fsp3) is 0.0556. The Balaban J connectivity index is 1.68. The summed E-state index contributed by atoms with van der Waals surface area (Å²) in [6.07, 6.45) is 4.07. The summed E-state index contributed by atoms with van der Waals surface area (Å²) in [6, 6.07) is 18.3. The van der Waals surface area contributed by atoms with Gasteiger partial charge in [0.25, 0.3) is 0 Å². The Morgan fingerprint density at radius 3 is 2.73 bits per heavy atom. The van der Waals surface area contributed by atoms with Crippen LogP contribution in [0, 0.1) is 0 Å².